The minimum absolute atomic E-state index is 0. The van der Waals surface area contributed by atoms with Gasteiger partial charge in [-0.3, -0.25) is 10.1 Å². The molecule has 0 radical (unpaired) electrons. The third-order valence-corrected chi connectivity index (χ3v) is 8.63. The average molecular weight is 803 g/mol. The van der Waals surface area contributed by atoms with Crippen molar-refractivity contribution in [1.29, 1.82) is 0 Å². The van der Waals surface area contributed by atoms with E-state index in [0.29, 0.717) is 39.9 Å². The van der Waals surface area contributed by atoms with Gasteiger partial charge < -0.3 is 30.0 Å². The number of anilines is 1. The van der Waals surface area contributed by atoms with Gasteiger partial charge in [-0.1, -0.05) is 36.7 Å². The average Bonchev–Trinajstić information content (AvgIpc) is 3.09. The number of methoxy groups -OCH3 is 3. The van der Waals surface area contributed by atoms with Gasteiger partial charge in [-0.2, -0.15) is 13.2 Å². The largest absolute Gasteiger partial charge is 0.493 e. The molecule has 17 heteroatoms. The first-order valence-corrected chi connectivity index (χ1v) is 16.2. The highest BCUT2D eigenvalue weighted by Gasteiger charge is 2.31. The minimum Gasteiger partial charge on any atom is -0.493 e. The van der Waals surface area contributed by atoms with Gasteiger partial charge in [-0.25, -0.2) is 9.97 Å². The third kappa shape index (κ3) is 9.93. The number of nitrogens with two attached hydrogens (primary N) is 1. The van der Waals surface area contributed by atoms with Crippen LogP contribution < -0.4 is 30.0 Å². The zero-order valence-electron chi connectivity index (χ0n) is 29.0. The molecule has 0 bridgehead atoms. The lowest BCUT2D eigenvalue weighted by molar-refractivity contribution is -0.383. The number of nitrogens with zero attached hydrogens (tertiary/aromatic N) is 3. The molecule has 1 unspecified atom stereocenters. The standard InChI is InChI=1S/C24H28F3N3O3.C11H8Cl2N2O3.CH4.ClH/c1-14-13-29-23(32-4)21-18(30-15(2)7-6-10-28)12-19(31-3)22(20(14)21)33-17-9-5-8-16(11-17)24(25,26)27;1-5-4-14-11(18-2)9-7(15(16)17)3-6(12)10(13)8(5)9;;/h5,8-9,11-13,15,30H,6-7,10,28H2,1-4H3;3-4H,1-2H3;1H4;1H. The Balaban J connectivity index is 0.000000413. The Hall–Kier alpha value is -4.50. The van der Waals surface area contributed by atoms with Gasteiger partial charge in [0.1, 0.15) is 11.1 Å². The van der Waals surface area contributed by atoms with E-state index >= 15 is 0 Å². The zero-order chi connectivity index (χ0) is 37.6. The van der Waals surface area contributed by atoms with Crippen molar-refractivity contribution in [1.82, 2.24) is 9.97 Å². The van der Waals surface area contributed by atoms with E-state index in [-0.39, 0.29) is 64.4 Å². The summed E-state index contributed by atoms with van der Waals surface area (Å²) in [4.78, 5) is 18.9. The third-order valence-electron chi connectivity index (χ3n) is 7.84. The smallest absolute Gasteiger partial charge is 0.416 e. The quantitative estimate of drug-likeness (QED) is 0.0978. The fraction of sp³-hybridized carbons (Fsp3) is 0.333. The van der Waals surface area contributed by atoms with Crippen molar-refractivity contribution >= 4 is 68.5 Å². The second kappa shape index (κ2) is 19.0. The fourth-order valence-electron chi connectivity index (χ4n) is 5.44. The Labute approximate surface area is 321 Å². The van der Waals surface area contributed by atoms with Crippen LogP contribution in [-0.4, -0.2) is 48.8 Å². The van der Waals surface area contributed by atoms with Crippen molar-refractivity contribution in [3.8, 4) is 29.0 Å². The molecule has 53 heavy (non-hydrogen) atoms. The predicted octanol–water partition coefficient (Wildman–Crippen LogP) is 10.7. The van der Waals surface area contributed by atoms with E-state index < -0.39 is 16.7 Å². The van der Waals surface area contributed by atoms with E-state index in [4.69, 9.17) is 47.9 Å². The molecule has 0 saturated carbocycles. The molecule has 3 aromatic carbocycles. The van der Waals surface area contributed by atoms with Crippen LogP contribution in [0.25, 0.3) is 21.5 Å². The molecule has 0 aliphatic carbocycles. The van der Waals surface area contributed by atoms with Crippen molar-refractivity contribution in [3.05, 3.63) is 85.6 Å². The van der Waals surface area contributed by atoms with E-state index in [9.17, 15) is 23.3 Å². The van der Waals surface area contributed by atoms with E-state index in [1.165, 1.54) is 45.7 Å². The van der Waals surface area contributed by atoms with Crippen LogP contribution in [0.1, 0.15) is 43.9 Å². The lowest BCUT2D eigenvalue weighted by Crippen LogP contribution is -2.17. The summed E-state index contributed by atoms with van der Waals surface area (Å²) in [5.74, 6) is 1.20. The lowest BCUT2D eigenvalue weighted by Gasteiger charge is -2.22. The van der Waals surface area contributed by atoms with Crippen LogP contribution in [0.4, 0.5) is 24.5 Å². The number of non-ortho nitro benzene ring substituents is 1. The summed E-state index contributed by atoms with van der Waals surface area (Å²) in [6, 6.07) is 7.77. The number of hydrogen-bond acceptors (Lipinski definition) is 10. The maximum atomic E-state index is 13.2. The first kappa shape index (κ1) is 44.7. The van der Waals surface area contributed by atoms with Crippen molar-refractivity contribution in [3.63, 3.8) is 0 Å². The molecule has 288 valence electrons. The van der Waals surface area contributed by atoms with Crippen LogP contribution in [0.15, 0.2) is 48.8 Å². The highest BCUT2D eigenvalue weighted by atomic mass is 35.5. The molecule has 0 aliphatic heterocycles. The molecule has 5 rings (SSSR count). The summed E-state index contributed by atoms with van der Waals surface area (Å²) in [6.45, 7) is 6.22. The van der Waals surface area contributed by atoms with Crippen LogP contribution in [0.3, 0.4) is 0 Å². The van der Waals surface area contributed by atoms with Crippen LogP contribution in [0.2, 0.25) is 10.0 Å². The van der Waals surface area contributed by atoms with E-state index in [1.807, 2.05) is 13.8 Å². The van der Waals surface area contributed by atoms with Gasteiger partial charge in [0.25, 0.3) is 5.69 Å². The molecular formula is C36H41Cl3F3N5O6. The number of hydrogen-bond donors (Lipinski definition) is 2. The second-order valence-electron chi connectivity index (χ2n) is 11.4. The van der Waals surface area contributed by atoms with E-state index in [2.05, 4.69) is 15.3 Å². The van der Waals surface area contributed by atoms with Crippen LogP contribution in [-0.2, 0) is 6.18 Å². The van der Waals surface area contributed by atoms with E-state index in [1.54, 1.807) is 19.2 Å². The molecule has 2 heterocycles. The highest BCUT2D eigenvalue weighted by molar-refractivity contribution is 6.46. The molecule has 0 amide bonds. The van der Waals surface area contributed by atoms with Gasteiger partial charge in [-0.15, -0.1) is 12.4 Å². The highest BCUT2D eigenvalue weighted by Crippen LogP contribution is 2.47. The van der Waals surface area contributed by atoms with Gasteiger partial charge in [0.05, 0.1) is 52.9 Å². The first-order valence-electron chi connectivity index (χ1n) is 15.5. The predicted molar refractivity (Wildman–Crippen MR) is 206 cm³/mol. The zero-order valence-corrected chi connectivity index (χ0v) is 31.3. The molecule has 0 aliphatic rings. The number of aryl methyl sites for hydroxylation is 2. The molecule has 1 atom stereocenters. The van der Waals surface area contributed by atoms with Crippen molar-refractivity contribution in [2.45, 2.75) is 53.3 Å². The second-order valence-corrected chi connectivity index (χ2v) is 12.2. The maximum Gasteiger partial charge on any atom is 0.416 e. The Morgan fingerprint density at radius 2 is 1.55 bits per heavy atom. The Bertz CT molecular complexity index is 2070. The van der Waals surface area contributed by atoms with Crippen LogP contribution in [0.5, 0.6) is 29.0 Å². The summed E-state index contributed by atoms with van der Waals surface area (Å²) in [5, 5.41) is 17.0. The summed E-state index contributed by atoms with van der Waals surface area (Å²) in [5.41, 5.74) is 6.83. The number of nitro groups is 1. The normalized spacial score (nSPS) is 11.4. The first-order chi connectivity index (χ1) is 24.2. The minimum atomic E-state index is -4.48. The summed E-state index contributed by atoms with van der Waals surface area (Å²) in [7, 11) is 4.38. The number of pyridine rings is 2. The van der Waals surface area contributed by atoms with Crippen LogP contribution in [0, 0.1) is 24.0 Å². The Kier molecular flexibility index (Phi) is 16.0. The molecule has 5 aromatic rings. The van der Waals surface area contributed by atoms with E-state index in [0.717, 1.165) is 36.2 Å². The molecular weight excluding hydrogens is 762 g/mol. The number of rotatable bonds is 11. The summed E-state index contributed by atoms with van der Waals surface area (Å²) < 4.78 is 61.8. The van der Waals surface area contributed by atoms with Crippen molar-refractivity contribution < 1.29 is 37.0 Å². The molecule has 11 nitrogen and oxygen atoms in total. The molecule has 0 spiro atoms. The molecule has 0 saturated heterocycles. The molecule has 0 fully saturated rings. The number of nitro benzene ring substituents is 1. The number of ether oxygens (including phenoxy) is 4. The summed E-state index contributed by atoms with van der Waals surface area (Å²) >= 11 is 12.0. The maximum absolute atomic E-state index is 13.2. The van der Waals surface area contributed by atoms with Gasteiger partial charge in [0.15, 0.2) is 11.5 Å². The number of alkyl halides is 3. The Morgan fingerprint density at radius 3 is 2.09 bits per heavy atom. The van der Waals surface area contributed by atoms with Gasteiger partial charge >= 0.3 is 6.18 Å². The van der Waals surface area contributed by atoms with Gasteiger partial charge in [0, 0.05) is 41.3 Å². The number of nitrogens with one attached hydrogen (secondary N) is 1. The number of aromatic nitrogens is 2. The molecule has 2 aromatic heterocycles. The SMILES string of the molecule is C.COc1cc(NC(C)CCCN)c2c(OC)ncc(C)c2c1Oc1cccc(C(F)(F)F)c1.COc1ncc(C)c2c(Cl)c(Cl)cc([N+](=O)[O-])c12.Cl. The monoisotopic (exact) mass is 801 g/mol. The topological polar surface area (TPSA) is 144 Å². The number of halogens is 6. The van der Waals surface area contributed by atoms with Crippen LogP contribution >= 0.6 is 35.6 Å². The fourth-order valence-corrected chi connectivity index (χ4v) is 5.94. The molecule has 3 N–H and O–H groups in total. The van der Waals surface area contributed by atoms with Crippen molar-refractivity contribution in [2.24, 2.45) is 5.73 Å². The Morgan fingerprint density at radius 1 is 0.943 bits per heavy atom. The number of benzene rings is 3. The van der Waals surface area contributed by atoms with Crippen molar-refractivity contribution in [2.75, 3.05) is 33.2 Å². The van der Waals surface area contributed by atoms with Gasteiger partial charge in [0.2, 0.25) is 11.8 Å². The number of fused-ring (bicyclic) bond motifs is 2. The lowest BCUT2D eigenvalue weighted by atomic mass is 10.0. The van der Waals surface area contributed by atoms with Gasteiger partial charge in [-0.05, 0) is 69.5 Å². The summed E-state index contributed by atoms with van der Waals surface area (Å²) in [6.07, 6.45) is 0.384.